The summed E-state index contributed by atoms with van der Waals surface area (Å²) >= 11 is 2.77. The molecule has 26 heavy (non-hydrogen) atoms. The van der Waals surface area contributed by atoms with Crippen molar-refractivity contribution in [1.29, 1.82) is 0 Å². The Morgan fingerprint density at radius 1 is 1.00 bits per heavy atom. The molecule has 4 aromatic rings. The predicted octanol–water partition coefficient (Wildman–Crippen LogP) is 4.85. The lowest BCUT2D eigenvalue weighted by atomic mass is 10.2. The van der Waals surface area contributed by atoms with Gasteiger partial charge in [-0.2, -0.15) is 0 Å². The number of aromatic nitrogens is 3. The van der Waals surface area contributed by atoms with E-state index in [2.05, 4.69) is 20.5 Å². The summed E-state index contributed by atoms with van der Waals surface area (Å²) in [6.45, 7) is 0. The van der Waals surface area contributed by atoms with E-state index >= 15 is 0 Å². The first-order valence-electron chi connectivity index (χ1n) is 7.67. The lowest BCUT2D eigenvalue weighted by Crippen LogP contribution is -2.16. The van der Waals surface area contributed by atoms with Crippen molar-refractivity contribution in [2.75, 3.05) is 5.32 Å². The molecule has 1 amide bonds. The first kappa shape index (κ1) is 16.5. The largest absolute Gasteiger partial charge is 0.418 e. The summed E-state index contributed by atoms with van der Waals surface area (Å²) in [5, 5.41) is 12.1. The van der Waals surface area contributed by atoms with Gasteiger partial charge in [-0.3, -0.25) is 10.3 Å². The monoisotopic (exact) mass is 380 g/mol. The highest BCUT2D eigenvalue weighted by molar-refractivity contribution is 8.01. The van der Waals surface area contributed by atoms with Gasteiger partial charge in [-0.1, -0.05) is 59.5 Å². The molecule has 0 atom stereocenters. The first-order chi connectivity index (χ1) is 12.8. The zero-order chi connectivity index (χ0) is 17.8. The molecule has 0 bridgehead atoms. The number of amides is 1. The SMILES string of the molecule is O=C(Nc1nnc(Sc2ccnc3ccccc23)s1)Oc1ccccc1. The van der Waals surface area contributed by atoms with E-state index in [9.17, 15) is 4.79 Å². The average molecular weight is 380 g/mol. The van der Waals surface area contributed by atoms with Crippen LogP contribution >= 0.6 is 23.1 Å². The predicted molar refractivity (Wildman–Crippen MR) is 102 cm³/mol. The van der Waals surface area contributed by atoms with E-state index in [0.29, 0.717) is 10.9 Å². The van der Waals surface area contributed by atoms with Crippen LogP contribution in [0.25, 0.3) is 10.9 Å². The summed E-state index contributed by atoms with van der Waals surface area (Å²) in [5.74, 6) is 0.465. The average Bonchev–Trinajstić information content (AvgIpc) is 3.09. The molecule has 0 aliphatic heterocycles. The Kier molecular flexibility index (Phi) is 4.76. The van der Waals surface area contributed by atoms with Gasteiger partial charge in [0.05, 0.1) is 5.52 Å². The minimum absolute atomic E-state index is 0.381. The Labute approximate surface area is 157 Å². The lowest BCUT2D eigenvalue weighted by molar-refractivity contribution is 0.215. The van der Waals surface area contributed by atoms with Crippen LogP contribution in [0.3, 0.4) is 0 Å². The second-order valence-electron chi connectivity index (χ2n) is 5.13. The number of nitrogens with zero attached hydrogens (tertiary/aromatic N) is 3. The molecule has 0 radical (unpaired) electrons. The van der Waals surface area contributed by atoms with Crippen LogP contribution in [0.4, 0.5) is 9.93 Å². The van der Waals surface area contributed by atoms with Gasteiger partial charge in [-0.05, 0) is 24.3 Å². The van der Waals surface area contributed by atoms with E-state index in [1.165, 1.54) is 23.1 Å². The summed E-state index contributed by atoms with van der Waals surface area (Å²) in [6.07, 6.45) is 1.17. The fourth-order valence-electron chi connectivity index (χ4n) is 2.26. The van der Waals surface area contributed by atoms with Gasteiger partial charge in [0, 0.05) is 16.5 Å². The topological polar surface area (TPSA) is 77.0 Å². The van der Waals surface area contributed by atoms with E-state index in [1.54, 1.807) is 30.5 Å². The number of benzene rings is 2. The summed E-state index contributed by atoms with van der Waals surface area (Å²) in [4.78, 5) is 17.3. The summed E-state index contributed by atoms with van der Waals surface area (Å²) in [7, 11) is 0. The number of pyridine rings is 1. The zero-order valence-electron chi connectivity index (χ0n) is 13.3. The maximum atomic E-state index is 11.9. The third-order valence-electron chi connectivity index (χ3n) is 3.38. The second-order valence-corrected chi connectivity index (χ2v) is 7.40. The highest BCUT2D eigenvalue weighted by Gasteiger charge is 2.12. The molecule has 4 rings (SSSR count). The summed E-state index contributed by atoms with van der Waals surface area (Å²) in [6, 6.07) is 18.7. The number of hydrogen-bond donors (Lipinski definition) is 1. The molecule has 0 spiro atoms. The molecule has 2 aromatic heterocycles. The van der Waals surface area contributed by atoms with E-state index in [4.69, 9.17) is 4.74 Å². The molecular weight excluding hydrogens is 368 g/mol. The minimum atomic E-state index is -0.599. The first-order valence-corrected chi connectivity index (χ1v) is 9.30. The zero-order valence-corrected chi connectivity index (χ0v) is 15.0. The van der Waals surface area contributed by atoms with Crippen molar-refractivity contribution in [3.05, 3.63) is 66.9 Å². The van der Waals surface area contributed by atoms with E-state index in [-0.39, 0.29) is 0 Å². The van der Waals surface area contributed by atoms with Crippen LogP contribution in [0.2, 0.25) is 0 Å². The fraction of sp³-hybridized carbons (Fsp3) is 0. The molecule has 2 aromatic carbocycles. The van der Waals surface area contributed by atoms with Crippen molar-refractivity contribution in [2.24, 2.45) is 0 Å². The third-order valence-corrected chi connectivity index (χ3v) is 5.34. The molecule has 0 saturated heterocycles. The molecule has 0 aliphatic carbocycles. The Morgan fingerprint density at radius 2 is 1.81 bits per heavy atom. The normalized spacial score (nSPS) is 10.6. The number of anilines is 1. The number of carbonyl (C=O) groups excluding carboxylic acids is 1. The van der Waals surface area contributed by atoms with Gasteiger partial charge >= 0.3 is 6.09 Å². The van der Waals surface area contributed by atoms with Crippen molar-refractivity contribution < 1.29 is 9.53 Å². The fourth-order valence-corrected chi connectivity index (χ4v) is 4.08. The molecule has 0 fully saturated rings. The molecule has 8 heteroatoms. The third kappa shape index (κ3) is 3.81. The molecular formula is C18H12N4O2S2. The van der Waals surface area contributed by atoms with Crippen molar-refractivity contribution in [1.82, 2.24) is 15.2 Å². The van der Waals surface area contributed by atoms with Gasteiger partial charge in [-0.25, -0.2) is 4.79 Å². The van der Waals surface area contributed by atoms with Gasteiger partial charge in [0.25, 0.3) is 0 Å². The highest BCUT2D eigenvalue weighted by Crippen LogP contribution is 2.35. The van der Waals surface area contributed by atoms with E-state index in [0.717, 1.165) is 20.1 Å². The molecule has 6 nitrogen and oxygen atoms in total. The molecule has 0 saturated carbocycles. The maximum Gasteiger partial charge on any atom is 0.418 e. The van der Waals surface area contributed by atoms with Crippen molar-refractivity contribution in [2.45, 2.75) is 9.24 Å². The number of rotatable bonds is 4. The second kappa shape index (κ2) is 7.51. The van der Waals surface area contributed by atoms with Gasteiger partial charge < -0.3 is 4.74 Å². The van der Waals surface area contributed by atoms with Crippen molar-refractivity contribution in [3.63, 3.8) is 0 Å². The molecule has 0 unspecified atom stereocenters. The van der Waals surface area contributed by atoms with Crippen LogP contribution in [0.15, 0.2) is 76.1 Å². The van der Waals surface area contributed by atoms with Gasteiger partial charge in [0.15, 0.2) is 4.34 Å². The number of para-hydroxylation sites is 2. The van der Waals surface area contributed by atoms with Crippen LogP contribution in [-0.2, 0) is 0 Å². The van der Waals surface area contributed by atoms with Crippen LogP contribution in [0.1, 0.15) is 0 Å². The quantitative estimate of drug-likeness (QED) is 0.510. The van der Waals surface area contributed by atoms with E-state index < -0.39 is 6.09 Å². The van der Waals surface area contributed by atoms with Gasteiger partial charge in [0.1, 0.15) is 5.75 Å². The number of hydrogen-bond acceptors (Lipinski definition) is 7. The Bertz CT molecular complexity index is 1050. The van der Waals surface area contributed by atoms with Gasteiger partial charge in [0.2, 0.25) is 5.13 Å². The molecule has 128 valence electrons. The lowest BCUT2D eigenvalue weighted by Gasteiger charge is -2.03. The summed E-state index contributed by atoms with van der Waals surface area (Å²) in [5.41, 5.74) is 0.923. The minimum Gasteiger partial charge on any atom is -0.410 e. The van der Waals surface area contributed by atoms with Gasteiger partial charge in [-0.15, -0.1) is 10.2 Å². The highest BCUT2D eigenvalue weighted by atomic mass is 32.2. The van der Waals surface area contributed by atoms with Crippen LogP contribution in [-0.4, -0.2) is 21.3 Å². The number of nitrogens with one attached hydrogen (secondary N) is 1. The smallest absolute Gasteiger partial charge is 0.410 e. The standard InChI is InChI=1S/C18H12N4O2S2/c23-17(24-12-6-2-1-3-7-12)20-16-21-22-18(26-16)25-15-10-11-19-14-9-5-4-8-13(14)15/h1-11H,(H,20,21,23). The molecule has 2 heterocycles. The van der Waals surface area contributed by atoms with Crippen LogP contribution in [0, 0.1) is 0 Å². The number of carbonyl (C=O) groups is 1. The summed E-state index contributed by atoms with van der Waals surface area (Å²) < 4.78 is 5.90. The van der Waals surface area contributed by atoms with Crippen LogP contribution < -0.4 is 10.1 Å². The van der Waals surface area contributed by atoms with E-state index in [1.807, 2.05) is 36.4 Å². The Morgan fingerprint density at radius 3 is 2.69 bits per heavy atom. The van der Waals surface area contributed by atoms with Crippen LogP contribution in [0.5, 0.6) is 5.75 Å². The molecule has 1 N–H and O–H groups in total. The van der Waals surface area contributed by atoms with Crippen molar-refractivity contribution >= 4 is 45.2 Å². The molecule has 0 aliphatic rings. The Balaban J connectivity index is 1.45. The number of ether oxygens (including phenoxy) is 1. The number of fused-ring (bicyclic) bond motifs is 1. The maximum absolute atomic E-state index is 11.9. The Hall–Kier alpha value is -2.97. The van der Waals surface area contributed by atoms with Crippen molar-refractivity contribution in [3.8, 4) is 5.75 Å².